The van der Waals surface area contributed by atoms with E-state index in [9.17, 15) is 14.7 Å². The minimum Gasteiger partial charge on any atom is -0.497 e. The van der Waals surface area contributed by atoms with E-state index >= 15 is 4.79 Å². The number of aliphatic hydroxyl groups is 1. The SMILES string of the molecule is COc1ccc([Si](C)(C)[C@H]2[C@H](CC(=O)N3Cc4ccccc4C[C@H]3CO)O[C@@]3(C(=O)N(Cc4cccc(N5C(=O)COc6ccccc65)c4)c4ccccc43)[C@@H]2C)cc1. The quantitative estimate of drug-likeness (QED) is 0.162. The minimum atomic E-state index is -2.53. The third-order valence-electron chi connectivity index (χ3n) is 13.2. The number of carbonyl (C=O) groups excluding carboxylic acids is 3. The van der Waals surface area contributed by atoms with Crippen molar-refractivity contribution in [1.82, 2.24) is 4.90 Å². The van der Waals surface area contributed by atoms with Crippen LogP contribution in [0.25, 0.3) is 0 Å². The first-order chi connectivity index (χ1) is 28.5. The van der Waals surface area contributed by atoms with Crippen molar-refractivity contribution in [3.05, 3.63) is 144 Å². The first kappa shape index (κ1) is 38.7. The largest absolute Gasteiger partial charge is 0.497 e. The molecule has 9 rings (SSSR count). The Labute approximate surface area is 345 Å². The fourth-order valence-electron chi connectivity index (χ4n) is 10.3. The summed E-state index contributed by atoms with van der Waals surface area (Å²) in [6, 6.07) is 39.0. The number of benzene rings is 5. The molecule has 1 fully saturated rings. The standard InChI is InChI=1S/C48H49N3O7Si/c1-31-46(59(3,4)38-22-20-37(56-2)21-23-38)43(26-44(53)49-28-34-14-6-5-13-33(34)25-36(49)29-52)58-48(31)39-16-7-8-17-40(39)50(47(48)55)27-32-12-11-15-35(24-32)51-41-18-9-10-19-42(41)57-30-45(51)54/h5-24,31,36,43,46,52H,25-30H2,1-4H3/t31-,36+,43+,46-,48+/m1/s1. The Hall–Kier alpha value is -5.75. The van der Waals surface area contributed by atoms with E-state index in [2.05, 4.69) is 38.2 Å². The zero-order chi connectivity index (χ0) is 41.1. The monoisotopic (exact) mass is 807 g/mol. The number of amides is 3. The van der Waals surface area contributed by atoms with E-state index in [-0.39, 0.29) is 61.4 Å². The van der Waals surface area contributed by atoms with E-state index in [0.29, 0.717) is 30.1 Å². The molecule has 0 unspecified atom stereocenters. The predicted octanol–water partition coefficient (Wildman–Crippen LogP) is 6.85. The number of nitrogens with zero attached hydrogens (tertiary/aromatic N) is 3. The van der Waals surface area contributed by atoms with Gasteiger partial charge in [-0.3, -0.25) is 19.3 Å². The van der Waals surface area contributed by atoms with Gasteiger partial charge in [0.05, 0.1) is 58.3 Å². The first-order valence-electron chi connectivity index (χ1n) is 20.4. The van der Waals surface area contributed by atoms with Gasteiger partial charge in [-0.25, -0.2) is 0 Å². The molecule has 4 aliphatic heterocycles. The van der Waals surface area contributed by atoms with Gasteiger partial charge in [0.15, 0.2) is 12.2 Å². The molecule has 1 spiro atoms. The van der Waals surface area contributed by atoms with Crippen LogP contribution in [0.5, 0.6) is 11.5 Å². The molecule has 11 heteroatoms. The van der Waals surface area contributed by atoms with Crippen molar-refractivity contribution >= 4 is 48.0 Å². The Balaban J connectivity index is 1.08. The van der Waals surface area contributed by atoms with Crippen molar-refractivity contribution in [2.24, 2.45) is 5.92 Å². The average Bonchev–Trinajstić information content (AvgIpc) is 3.68. The second-order valence-corrected chi connectivity index (χ2v) is 21.4. The molecule has 3 amide bonds. The zero-order valence-electron chi connectivity index (χ0n) is 33.8. The van der Waals surface area contributed by atoms with E-state index in [0.717, 1.165) is 33.7 Å². The number of aliphatic hydroxyl groups excluding tert-OH is 1. The van der Waals surface area contributed by atoms with Crippen LogP contribution < -0.4 is 24.5 Å². The molecule has 4 heterocycles. The van der Waals surface area contributed by atoms with Crippen LogP contribution in [-0.2, 0) is 44.2 Å². The molecule has 10 nitrogen and oxygen atoms in total. The van der Waals surface area contributed by atoms with Crippen LogP contribution >= 0.6 is 0 Å². The van der Waals surface area contributed by atoms with Crippen LogP contribution in [0.15, 0.2) is 121 Å². The van der Waals surface area contributed by atoms with Gasteiger partial charge in [0.25, 0.3) is 11.8 Å². The van der Waals surface area contributed by atoms with Crippen molar-refractivity contribution in [1.29, 1.82) is 0 Å². The van der Waals surface area contributed by atoms with Gasteiger partial charge < -0.3 is 29.1 Å². The van der Waals surface area contributed by atoms with Gasteiger partial charge in [-0.2, -0.15) is 0 Å². The number of methoxy groups -OCH3 is 1. The second kappa shape index (κ2) is 15.1. The molecular weight excluding hydrogens is 759 g/mol. The van der Waals surface area contributed by atoms with Crippen LogP contribution in [0, 0.1) is 5.92 Å². The third-order valence-corrected chi connectivity index (χ3v) is 17.6. The summed E-state index contributed by atoms with van der Waals surface area (Å²) < 4.78 is 18.5. The molecule has 1 saturated heterocycles. The summed E-state index contributed by atoms with van der Waals surface area (Å²) in [6.07, 6.45) is 0.0771. The fraction of sp³-hybridized carbons (Fsp3) is 0.312. The first-order valence-corrected chi connectivity index (χ1v) is 23.5. The highest BCUT2D eigenvalue weighted by Gasteiger charge is 2.66. The molecule has 0 saturated carbocycles. The van der Waals surface area contributed by atoms with Gasteiger partial charge in [-0.1, -0.05) is 104 Å². The summed E-state index contributed by atoms with van der Waals surface area (Å²) in [5.41, 5.74) is 4.51. The molecule has 1 N–H and O–H groups in total. The maximum Gasteiger partial charge on any atom is 0.269 e. The van der Waals surface area contributed by atoms with Crippen molar-refractivity contribution < 1.29 is 33.7 Å². The maximum absolute atomic E-state index is 15.5. The molecule has 5 aromatic carbocycles. The molecule has 5 aromatic rings. The number of anilines is 3. The summed E-state index contributed by atoms with van der Waals surface area (Å²) in [4.78, 5) is 48.6. The van der Waals surface area contributed by atoms with Gasteiger partial charge in [-0.05, 0) is 71.1 Å². The Bertz CT molecular complexity index is 2440. The fourth-order valence-corrected chi connectivity index (χ4v) is 14.3. The number of fused-ring (bicyclic) bond motifs is 4. The molecule has 302 valence electrons. The highest BCUT2D eigenvalue weighted by molar-refractivity contribution is 6.91. The van der Waals surface area contributed by atoms with Crippen molar-refractivity contribution in [3.63, 3.8) is 0 Å². The Morgan fingerprint density at radius 1 is 0.881 bits per heavy atom. The number of rotatable bonds is 9. The third kappa shape index (κ3) is 6.43. The van der Waals surface area contributed by atoms with Crippen LogP contribution in [0.3, 0.4) is 0 Å². The lowest BCUT2D eigenvalue weighted by Crippen LogP contribution is -2.52. The van der Waals surface area contributed by atoms with Gasteiger partial charge in [0, 0.05) is 23.7 Å². The number of ether oxygens (including phenoxy) is 3. The van der Waals surface area contributed by atoms with Crippen LogP contribution in [0.2, 0.25) is 18.6 Å². The van der Waals surface area contributed by atoms with Crippen LogP contribution in [-0.4, -0.2) is 68.3 Å². The zero-order valence-corrected chi connectivity index (χ0v) is 34.8. The lowest BCUT2D eigenvalue weighted by Gasteiger charge is -2.39. The lowest BCUT2D eigenvalue weighted by molar-refractivity contribution is -0.151. The number of hydrogen-bond donors (Lipinski definition) is 1. The smallest absolute Gasteiger partial charge is 0.269 e. The van der Waals surface area contributed by atoms with Gasteiger partial charge in [-0.15, -0.1) is 0 Å². The predicted molar refractivity (Wildman–Crippen MR) is 229 cm³/mol. The summed E-state index contributed by atoms with van der Waals surface area (Å²) in [5, 5.41) is 11.7. The Morgan fingerprint density at radius 2 is 1.59 bits per heavy atom. The summed E-state index contributed by atoms with van der Waals surface area (Å²) in [6.45, 7) is 7.20. The molecule has 0 aromatic heterocycles. The van der Waals surface area contributed by atoms with Crippen LogP contribution in [0.1, 0.15) is 35.6 Å². The van der Waals surface area contributed by atoms with E-state index in [1.165, 1.54) is 5.19 Å². The van der Waals surface area contributed by atoms with Gasteiger partial charge >= 0.3 is 0 Å². The topological polar surface area (TPSA) is 109 Å². The van der Waals surface area contributed by atoms with E-state index < -0.39 is 19.8 Å². The molecular formula is C48H49N3O7Si. The summed E-state index contributed by atoms with van der Waals surface area (Å²) >= 11 is 0. The number of hydrogen-bond acceptors (Lipinski definition) is 7. The lowest BCUT2D eigenvalue weighted by atomic mass is 9.82. The maximum atomic E-state index is 15.5. The molecule has 5 atom stereocenters. The normalized spacial score (nSPS) is 23.5. The van der Waals surface area contributed by atoms with Crippen molar-refractivity contribution in [2.75, 3.05) is 30.1 Å². The Kier molecular flexibility index (Phi) is 9.93. The molecule has 0 radical (unpaired) electrons. The van der Waals surface area contributed by atoms with E-state index in [1.807, 2.05) is 113 Å². The highest BCUT2D eigenvalue weighted by Crippen LogP contribution is 2.60. The highest BCUT2D eigenvalue weighted by atomic mass is 28.3. The number of para-hydroxylation sites is 3. The summed E-state index contributed by atoms with van der Waals surface area (Å²) in [5.74, 6) is 0.668. The van der Waals surface area contributed by atoms with Crippen molar-refractivity contribution in [3.8, 4) is 11.5 Å². The second-order valence-electron chi connectivity index (χ2n) is 16.8. The van der Waals surface area contributed by atoms with E-state index in [1.54, 1.807) is 12.0 Å². The minimum absolute atomic E-state index is 0.0658. The molecule has 0 aliphatic carbocycles. The average molecular weight is 808 g/mol. The Morgan fingerprint density at radius 3 is 2.36 bits per heavy atom. The van der Waals surface area contributed by atoms with Gasteiger partial charge in [0.2, 0.25) is 5.91 Å². The molecule has 59 heavy (non-hydrogen) atoms. The van der Waals surface area contributed by atoms with Gasteiger partial charge in [0.1, 0.15) is 11.5 Å². The molecule has 4 aliphatic rings. The van der Waals surface area contributed by atoms with E-state index in [4.69, 9.17) is 14.2 Å². The van der Waals surface area contributed by atoms with Crippen molar-refractivity contribution in [2.45, 2.75) is 69.2 Å². The number of carbonyl (C=O) groups is 3. The summed E-state index contributed by atoms with van der Waals surface area (Å²) in [7, 11) is -0.876. The van der Waals surface area contributed by atoms with Crippen LogP contribution in [0.4, 0.5) is 17.1 Å². The molecule has 0 bridgehead atoms.